The maximum absolute atomic E-state index is 12.7. The molecule has 0 aliphatic carbocycles. The van der Waals surface area contributed by atoms with Crippen LogP contribution in [0.25, 0.3) is 5.82 Å². The highest BCUT2D eigenvalue weighted by molar-refractivity contribution is 6.05. The number of amides is 1. The van der Waals surface area contributed by atoms with Crippen LogP contribution in [0.2, 0.25) is 0 Å². The molecule has 1 fully saturated rings. The summed E-state index contributed by atoms with van der Waals surface area (Å²) in [6.07, 6.45) is 7.10. The number of anilines is 2. The Bertz CT molecular complexity index is 912. The molecule has 3 heterocycles. The van der Waals surface area contributed by atoms with Gasteiger partial charge in [0.2, 0.25) is 0 Å². The number of piperidine rings is 1. The molecule has 1 aliphatic heterocycles. The van der Waals surface area contributed by atoms with Gasteiger partial charge in [0.1, 0.15) is 0 Å². The van der Waals surface area contributed by atoms with Gasteiger partial charge < -0.3 is 10.2 Å². The predicted molar refractivity (Wildman–Crippen MR) is 107 cm³/mol. The van der Waals surface area contributed by atoms with E-state index in [0.29, 0.717) is 11.4 Å². The highest BCUT2D eigenvalue weighted by atomic mass is 16.1. The van der Waals surface area contributed by atoms with E-state index in [0.717, 1.165) is 24.5 Å². The minimum absolute atomic E-state index is 0.166. The molecule has 0 radical (unpaired) electrons. The molecular formula is C21H23N5O. The Labute approximate surface area is 158 Å². The largest absolute Gasteiger partial charge is 0.372 e. The third-order valence-electron chi connectivity index (χ3n) is 4.97. The van der Waals surface area contributed by atoms with Gasteiger partial charge in [-0.05, 0) is 62.6 Å². The number of carbonyl (C=O) groups excluding carboxylic acids is 1. The summed E-state index contributed by atoms with van der Waals surface area (Å²) in [4.78, 5) is 19.4. The number of benzene rings is 1. The molecule has 1 aliphatic rings. The van der Waals surface area contributed by atoms with Gasteiger partial charge in [-0.1, -0.05) is 6.07 Å². The average molecular weight is 361 g/mol. The van der Waals surface area contributed by atoms with Crippen molar-refractivity contribution in [3.05, 3.63) is 66.1 Å². The summed E-state index contributed by atoms with van der Waals surface area (Å²) < 4.78 is 1.67. The lowest BCUT2D eigenvalue weighted by Gasteiger charge is -2.28. The summed E-state index contributed by atoms with van der Waals surface area (Å²) in [6.45, 7) is 4.09. The lowest BCUT2D eigenvalue weighted by atomic mass is 10.1. The second kappa shape index (κ2) is 7.61. The number of hydrogen-bond donors (Lipinski definition) is 1. The lowest BCUT2D eigenvalue weighted by Crippen LogP contribution is -2.29. The molecule has 1 aromatic carbocycles. The van der Waals surface area contributed by atoms with E-state index in [9.17, 15) is 4.79 Å². The van der Waals surface area contributed by atoms with Crippen LogP contribution in [0.5, 0.6) is 0 Å². The number of pyridine rings is 1. The van der Waals surface area contributed by atoms with E-state index < -0.39 is 0 Å². The van der Waals surface area contributed by atoms with E-state index in [1.54, 1.807) is 17.1 Å². The molecule has 0 saturated carbocycles. The van der Waals surface area contributed by atoms with Gasteiger partial charge in [-0.3, -0.25) is 4.79 Å². The molecule has 1 saturated heterocycles. The van der Waals surface area contributed by atoms with Crippen LogP contribution in [-0.4, -0.2) is 33.8 Å². The van der Waals surface area contributed by atoms with Crippen molar-refractivity contribution in [2.24, 2.45) is 0 Å². The number of hydrogen-bond acceptors (Lipinski definition) is 4. The van der Waals surface area contributed by atoms with E-state index in [4.69, 9.17) is 0 Å². The van der Waals surface area contributed by atoms with Crippen molar-refractivity contribution in [3.8, 4) is 5.82 Å². The third kappa shape index (κ3) is 3.69. The van der Waals surface area contributed by atoms with E-state index in [2.05, 4.69) is 32.4 Å². The van der Waals surface area contributed by atoms with Crippen molar-refractivity contribution >= 4 is 17.3 Å². The van der Waals surface area contributed by atoms with E-state index >= 15 is 0 Å². The Hall–Kier alpha value is -3.15. The molecule has 3 aromatic rings. The fraction of sp³-hybridized carbons (Fsp3) is 0.286. The molecule has 4 rings (SSSR count). The molecule has 138 valence electrons. The quantitative estimate of drug-likeness (QED) is 0.767. The smallest absolute Gasteiger partial charge is 0.259 e. The van der Waals surface area contributed by atoms with Gasteiger partial charge in [0, 0.05) is 30.7 Å². The van der Waals surface area contributed by atoms with Crippen molar-refractivity contribution in [2.45, 2.75) is 26.2 Å². The molecule has 2 aromatic heterocycles. The minimum Gasteiger partial charge on any atom is -0.372 e. The fourth-order valence-corrected chi connectivity index (χ4v) is 3.45. The van der Waals surface area contributed by atoms with Crippen molar-refractivity contribution in [2.75, 3.05) is 23.3 Å². The number of rotatable bonds is 4. The SMILES string of the molecule is Cc1c(C(=O)Nc2ccc(N3CCCCC3)cc2)cnn1-c1ccccn1. The summed E-state index contributed by atoms with van der Waals surface area (Å²) in [7, 11) is 0. The van der Waals surface area contributed by atoms with Crippen LogP contribution in [0.1, 0.15) is 35.3 Å². The van der Waals surface area contributed by atoms with Crippen molar-refractivity contribution in [3.63, 3.8) is 0 Å². The zero-order chi connectivity index (χ0) is 18.6. The Morgan fingerprint density at radius 2 is 1.81 bits per heavy atom. The molecular weight excluding hydrogens is 338 g/mol. The maximum Gasteiger partial charge on any atom is 0.259 e. The monoisotopic (exact) mass is 361 g/mol. The Morgan fingerprint density at radius 1 is 1.04 bits per heavy atom. The predicted octanol–water partition coefficient (Wildman–Crippen LogP) is 3.82. The van der Waals surface area contributed by atoms with Gasteiger partial charge in [0.15, 0.2) is 5.82 Å². The molecule has 6 heteroatoms. The van der Waals surface area contributed by atoms with Crippen LogP contribution in [0.4, 0.5) is 11.4 Å². The van der Waals surface area contributed by atoms with E-state index in [1.807, 2.05) is 37.3 Å². The number of carbonyl (C=O) groups is 1. The standard InChI is InChI=1S/C21H23N5O/c1-16-19(15-23-26(16)20-7-3-4-12-22-20)21(27)24-17-8-10-18(11-9-17)25-13-5-2-6-14-25/h3-4,7-12,15H,2,5-6,13-14H2,1H3,(H,24,27). The van der Waals surface area contributed by atoms with Crippen molar-refractivity contribution in [1.82, 2.24) is 14.8 Å². The Balaban J connectivity index is 1.47. The summed E-state index contributed by atoms with van der Waals surface area (Å²) in [5, 5.41) is 7.27. The molecule has 0 spiro atoms. The zero-order valence-corrected chi connectivity index (χ0v) is 15.4. The van der Waals surface area contributed by atoms with Gasteiger partial charge in [-0.25, -0.2) is 9.67 Å². The van der Waals surface area contributed by atoms with Crippen LogP contribution < -0.4 is 10.2 Å². The first kappa shape index (κ1) is 17.3. The van der Waals surface area contributed by atoms with Gasteiger partial charge in [0.25, 0.3) is 5.91 Å². The maximum atomic E-state index is 12.7. The first-order chi connectivity index (χ1) is 13.2. The number of aromatic nitrogens is 3. The first-order valence-electron chi connectivity index (χ1n) is 9.35. The summed E-state index contributed by atoms with van der Waals surface area (Å²) >= 11 is 0. The Morgan fingerprint density at radius 3 is 2.52 bits per heavy atom. The van der Waals surface area contributed by atoms with Gasteiger partial charge in [0.05, 0.1) is 17.5 Å². The fourth-order valence-electron chi connectivity index (χ4n) is 3.45. The van der Waals surface area contributed by atoms with E-state index in [1.165, 1.54) is 24.9 Å². The summed E-state index contributed by atoms with van der Waals surface area (Å²) in [5.41, 5.74) is 3.30. The number of nitrogens with one attached hydrogen (secondary N) is 1. The molecule has 27 heavy (non-hydrogen) atoms. The molecule has 0 bridgehead atoms. The summed E-state index contributed by atoms with van der Waals surface area (Å²) in [6, 6.07) is 13.7. The summed E-state index contributed by atoms with van der Waals surface area (Å²) in [5.74, 6) is 0.528. The highest BCUT2D eigenvalue weighted by Crippen LogP contribution is 2.22. The molecule has 0 unspecified atom stereocenters. The lowest BCUT2D eigenvalue weighted by molar-refractivity contribution is 0.102. The van der Waals surface area contributed by atoms with Gasteiger partial charge in [-0.2, -0.15) is 5.10 Å². The van der Waals surface area contributed by atoms with Gasteiger partial charge >= 0.3 is 0 Å². The third-order valence-corrected chi connectivity index (χ3v) is 4.97. The zero-order valence-electron chi connectivity index (χ0n) is 15.4. The number of nitrogens with zero attached hydrogens (tertiary/aromatic N) is 4. The van der Waals surface area contributed by atoms with Crippen LogP contribution in [-0.2, 0) is 0 Å². The van der Waals surface area contributed by atoms with Crippen molar-refractivity contribution < 1.29 is 4.79 Å². The molecule has 1 amide bonds. The topological polar surface area (TPSA) is 63.1 Å². The van der Waals surface area contributed by atoms with Crippen LogP contribution in [0.3, 0.4) is 0 Å². The minimum atomic E-state index is -0.166. The second-order valence-electron chi connectivity index (χ2n) is 6.79. The van der Waals surface area contributed by atoms with Crippen LogP contribution in [0, 0.1) is 6.92 Å². The average Bonchev–Trinajstić information content (AvgIpc) is 3.11. The van der Waals surface area contributed by atoms with Crippen LogP contribution in [0.15, 0.2) is 54.9 Å². The Kier molecular flexibility index (Phi) is 4.87. The molecule has 1 N–H and O–H groups in total. The van der Waals surface area contributed by atoms with Crippen LogP contribution >= 0.6 is 0 Å². The highest BCUT2D eigenvalue weighted by Gasteiger charge is 2.16. The molecule has 6 nitrogen and oxygen atoms in total. The van der Waals surface area contributed by atoms with E-state index in [-0.39, 0.29) is 5.91 Å². The molecule has 0 atom stereocenters. The second-order valence-corrected chi connectivity index (χ2v) is 6.79. The normalized spacial score (nSPS) is 14.2. The first-order valence-corrected chi connectivity index (χ1v) is 9.35. The van der Waals surface area contributed by atoms with Crippen molar-refractivity contribution in [1.29, 1.82) is 0 Å². The van der Waals surface area contributed by atoms with Gasteiger partial charge in [-0.15, -0.1) is 0 Å².